The molecule has 3 aromatic rings. The fraction of sp³-hybridized carbons (Fsp3) is 0.0769. The van der Waals surface area contributed by atoms with Gasteiger partial charge in [-0.05, 0) is 36.7 Å². The van der Waals surface area contributed by atoms with Crippen LogP contribution in [0.15, 0.2) is 18.2 Å². The molecule has 0 bridgehead atoms. The van der Waals surface area contributed by atoms with E-state index in [2.05, 4.69) is 15.3 Å². The minimum Gasteiger partial charge on any atom is -0.337 e. The second-order valence-electron chi connectivity index (χ2n) is 4.29. The van der Waals surface area contributed by atoms with Gasteiger partial charge < -0.3 is 5.32 Å². The molecule has 108 valence electrons. The average Bonchev–Trinajstić information content (AvgIpc) is 2.73. The first-order valence-corrected chi connectivity index (χ1v) is 8.12. The van der Waals surface area contributed by atoms with Gasteiger partial charge in [0.2, 0.25) is 5.28 Å². The molecule has 0 spiro atoms. The van der Waals surface area contributed by atoms with Crippen molar-refractivity contribution in [3.8, 4) is 0 Å². The number of aryl methyl sites for hydroxylation is 1. The van der Waals surface area contributed by atoms with Crippen LogP contribution in [0, 0.1) is 6.92 Å². The molecule has 0 unspecified atom stereocenters. The highest BCUT2D eigenvalue weighted by Crippen LogP contribution is 2.38. The monoisotopic (exact) mass is 377 g/mol. The summed E-state index contributed by atoms with van der Waals surface area (Å²) < 4.78 is 0. The normalized spacial score (nSPS) is 11.1. The van der Waals surface area contributed by atoms with E-state index < -0.39 is 0 Å². The quantitative estimate of drug-likeness (QED) is 0.527. The minimum atomic E-state index is 0.160. The predicted molar refractivity (Wildman–Crippen MR) is 91.9 cm³/mol. The van der Waals surface area contributed by atoms with Crippen LogP contribution in [0.25, 0.3) is 10.2 Å². The molecule has 2 aromatic heterocycles. The zero-order valence-electron chi connectivity index (χ0n) is 10.5. The maximum absolute atomic E-state index is 6.18. The second kappa shape index (κ2) is 5.78. The van der Waals surface area contributed by atoms with E-state index in [9.17, 15) is 0 Å². The molecule has 0 aliphatic carbocycles. The van der Waals surface area contributed by atoms with Crippen molar-refractivity contribution < 1.29 is 0 Å². The molecule has 8 heteroatoms. The number of aromatic nitrogens is 2. The van der Waals surface area contributed by atoms with Crippen molar-refractivity contribution in [2.45, 2.75) is 6.92 Å². The first kappa shape index (κ1) is 15.1. The van der Waals surface area contributed by atoms with E-state index in [0.29, 0.717) is 26.6 Å². The highest BCUT2D eigenvalue weighted by molar-refractivity contribution is 7.18. The average molecular weight is 379 g/mol. The number of rotatable bonds is 2. The van der Waals surface area contributed by atoms with E-state index in [-0.39, 0.29) is 5.28 Å². The Labute approximate surface area is 144 Å². The van der Waals surface area contributed by atoms with Crippen molar-refractivity contribution in [2.24, 2.45) is 0 Å². The van der Waals surface area contributed by atoms with Crippen LogP contribution in [-0.4, -0.2) is 9.97 Å². The fourth-order valence-electron chi connectivity index (χ4n) is 1.89. The Morgan fingerprint density at radius 2 is 1.67 bits per heavy atom. The third kappa shape index (κ3) is 3.05. The Hall–Kier alpha value is -0.780. The van der Waals surface area contributed by atoms with Crippen molar-refractivity contribution in [3.05, 3.63) is 43.4 Å². The van der Waals surface area contributed by atoms with E-state index >= 15 is 0 Å². The lowest BCUT2D eigenvalue weighted by molar-refractivity contribution is 1.23. The largest absolute Gasteiger partial charge is 0.337 e. The highest BCUT2D eigenvalue weighted by atomic mass is 35.5. The van der Waals surface area contributed by atoms with E-state index in [4.69, 9.17) is 46.4 Å². The standard InChI is InChI=1S/C13H7Cl4N3S/c1-5-2-7-11(19-13(17)20-12(7)21-5)18-10-8(15)3-6(14)4-9(10)16/h2-4H,1H3,(H,18,19,20). The zero-order valence-corrected chi connectivity index (χ0v) is 14.4. The summed E-state index contributed by atoms with van der Waals surface area (Å²) in [6, 6.07) is 5.20. The first-order chi connectivity index (χ1) is 9.94. The number of hydrogen-bond acceptors (Lipinski definition) is 4. The Kier molecular flexibility index (Phi) is 4.17. The summed E-state index contributed by atoms with van der Waals surface area (Å²) in [6.45, 7) is 1.99. The van der Waals surface area contributed by atoms with Crippen molar-refractivity contribution in [1.29, 1.82) is 0 Å². The van der Waals surface area contributed by atoms with Gasteiger partial charge in [0, 0.05) is 9.90 Å². The molecule has 3 rings (SSSR count). The topological polar surface area (TPSA) is 37.8 Å². The Balaban J connectivity index is 2.14. The molecule has 0 saturated heterocycles. The smallest absolute Gasteiger partial charge is 0.225 e. The lowest BCUT2D eigenvalue weighted by Gasteiger charge is -2.11. The molecular weight excluding hydrogens is 372 g/mol. The minimum absolute atomic E-state index is 0.160. The van der Waals surface area contributed by atoms with Crippen molar-refractivity contribution in [3.63, 3.8) is 0 Å². The maximum Gasteiger partial charge on any atom is 0.225 e. The zero-order chi connectivity index (χ0) is 15.1. The van der Waals surface area contributed by atoms with Gasteiger partial charge >= 0.3 is 0 Å². The summed E-state index contributed by atoms with van der Waals surface area (Å²) in [7, 11) is 0. The van der Waals surface area contributed by atoms with Gasteiger partial charge in [-0.15, -0.1) is 11.3 Å². The van der Waals surface area contributed by atoms with Gasteiger partial charge in [0.25, 0.3) is 0 Å². The lowest BCUT2D eigenvalue weighted by atomic mass is 10.3. The second-order valence-corrected chi connectivity index (χ2v) is 7.11. The Morgan fingerprint density at radius 1 is 1.00 bits per heavy atom. The van der Waals surface area contributed by atoms with Crippen LogP contribution in [0.5, 0.6) is 0 Å². The maximum atomic E-state index is 6.18. The summed E-state index contributed by atoms with van der Waals surface area (Å²) in [5, 5.41) is 5.41. The number of fused-ring (bicyclic) bond motifs is 1. The Morgan fingerprint density at radius 3 is 2.33 bits per heavy atom. The summed E-state index contributed by atoms with van der Waals surface area (Å²) in [5.74, 6) is 0.556. The van der Waals surface area contributed by atoms with Crippen LogP contribution in [0.3, 0.4) is 0 Å². The number of halogens is 4. The molecule has 0 aliphatic heterocycles. The summed E-state index contributed by atoms with van der Waals surface area (Å²) in [6.07, 6.45) is 0. The molecule has 0 fully saturated rings. The molecule has 21 heavy (non-hydrogen) atoms. The van der Waals surface area contributed by atoms with Crippen molar-refractivity contribution in [1.82, 2.24) is 9.97 Å². The number of benzene rings is 1. The number of anilines is 2. The van der Waals surface area contributed by atoms with Gasteiger partial charge in [-0.25, -0.2) is 4.98 Å². The number of nitrogens with zero attached hydrogens (tertiary/aromatic N) is 2. The molecular formula is C13H7Cl4N3S. The van der Waals surface area contributed by atoms with Gasteiger partial charge in [0.1, 0.15) is 10.6 Å². The number of thiophene rings is 1. The van der Waals surface area contributed by atoms with Crippen LogP contribution in [0.1, 0.15) is 4.88 Å². The molecule has 0 atom stereocenters. The van der Waals surface area contributed by atoms with Gasteiger partial charge in [-0.3, -0.25) is 0 Å². The number of nitrogens with one attached hydrogen (secondary N) is 1. The molecule has 0 amide bonds. The SMILES string of the molecule is Cc1cc2c(Nc3c(Cl)cc(Cl)cc3Cl)nc(Cl)nc2s1. The van der Waals surface area contributed by atoms with E-state index in [1.54, 1.807) is 12.1 Å². The van der Waals surface area contributed by atoms with Gasteiger partial charge in [0.15, 0.2) is 0 Å². The lowest BCUT2D eigenvalue weighted by Crippen LogP contribution is -1.97. The Bertz CT molecular complexity index is 824. The molecule has 1 N–H and O–H groups in total. The van der Waals surface area contributed by atoms with Crippen LogP contribution < -0.4 is 5.32 Å². The van der Waals surface area contributed by atoms with Gasteiger partial charge in [-0.1, -0.05) is 34.8 Å². The highest BCUT2D eigenvalue weighted by Gasteiger charge is 2.14. The van der Waals surface area contributed by atoms with Crippen LogP contribution in [0.4, 0.5) is 11.5 Å². The summed E-state index contributed by atoms with van der Waals surface area (Å²) in [4.78, 5) is 10.3. The number of hydrogen-bond donors (Lipinski definition) is 1. The van der Waals surface area contributed by atoms with Crippen LogP contribution in [-0.2, 0) is 0 Å². The third-order valence-corrected chi connectivity index (χ3v) is 4.67. The summed E-state index contributed by atoms with van der Waals surface area (Å²) in [5.41, 5.74) is 0.530. The molecule has 2 heterocycles. The van der Waals surface area contributed by atoms with Gasteiger partial charge in [0.05, 0.1) is 21.1 Å². The van der Waals surface area contributed by atoms with Crippen molar-refractivity contribution >= 4 is 79.5 Å². The molecule has 3 nitrogen and oxygen atoms in total. The van der Waals surface area contributed by atoms with E-state index in [1.807, 2.05) is 13.0 Å². The fourth-order valence-corrected chi connectivity index (χ4v) is 3.90. The molecule has 0 radical (unpaired) electrons. The molecule has 1 aromatic carbocycles. The van der Waals surface area contributed by atoms with Gasteiger partial charge in [-0.2, -0.15) is 4.98 Å². The third-order valence-electron chi connectivity index (χ3n) is 2.74. The van der Waals surface area contributed by atoms with Crippen LogP contribution in [0.2, 0.25) is 20.4 Å². The molecule has 0 saturated carbocycles. The van der Waals surface area contributed by atoms with Crippen LogP contribution >= 0.6 is 57.7 Å². The first-order valence-electron chi connectivity index (χ1n) is 5.79. The van der Waals surface area contributed by atoms with E-state index in [1.165, 1.54) is 11.3 Å². The predicted octanol–water partition coefficient (Wildman–Crippen LogP) is 6.36. The van der Waals surface area contributed by atoms with E-state index in [0.717, 1.165) is 15.1 Å². The summed E-state index contributed by atoms with van der Waals surface area (Å²) >= 11 is 25.8. The molecule has 0 aliphatic rings. The van der Waals surface area contributed by atoms with Crippen molar-refractivity contribution in [2.75, 3.05) is 5.32 Å².